The van der Waals surface area contributed by atoms with Gasteiger partial charge in [-0.25, -0.2) is 0 Å². The number of fused-ring (bicyclic) bond motifs is 1. The van der Waals surface area contributed by atoms with E-state index in [9.17, 15) is 0 Å². The predicted octanol–water partition coefficient (Wildman–Crippen LogP) is 3.91. The molecule has 2 aromatic rings. The van der Waals surface area contributed by atoms with Crippen molar-refractivity contribution in [1.82, 2.24) is 9.88 Å². The number of hydrogen-bond acceptors (Lipinski definition) is 3. The molecule has 2 heterocycles. The lowest BCUT2D eigenvalue weighted by molar-refractivity contribution is 0.230. The zero-order chi connectivity index (χ0) is 14.7. The summed E-state index contributed by atoms with van der Waals surface area (Å²) >= 11 is 0. The molecule has 1 aromatic carbocycles. The number of pyridine rings is 1. The molecule has 0 bridgehead atoms. The van der Waals surface area contributed by atoms with Gasteiger partial charge in [0.05, 0.1) is 5.52 Å². The smallest absolute Gasteiger partial charge is 0.0722 e. The highest BCUT2D eigenvalue weighted by molar-refractivity contribution is 5.91. The molecular weight excluding hydrogens is 258 g/mol. The molecule has 1 atom stereocenters. The van der Waals surface area contributed by atoms with E-state index in [1.165, 1.54) is 43.4 Å². The number of anilines is 1. The van der Waals surface area contributed by atoms with E-state index in [4.69, 9.17) is 0 Å². The molecule has 1 saturated heterocycles. The largest absolute Gasteiger partial charge is 0.382 e. The topological polar surface area (TPSA) is 28.2 Å². The second-order valence-corrected chi connectivity index (χ2v) is 6.28. The molecule has 0 spiro atoms. The Morgan fingerprint density at radius 1 is 1.14 bits per heavy atom. The van der Waals surface area contributed by atoms with Crippen molar-refractivity contribution in [3.8, 4) is 0 Å². The molecule has 112 valence electrons. The maximum Gasteiger partial charge on any atom is 0.0722 e. The van der Waals surface area contributed by atoms with Crippen molar-refractivity contribution >= 4 is 16.6 Å². The van der Waals surface area contributed by atoms with E-state index in [0.29, 0.717) is 12.1 Å². The molecule has 1 aliphatic heterocycles. The Balaban J connectivity index is 1.73. The normalized spacial score (nSPS) is 20.6. The van der Waals surface area contributed by atoms with E-state index in [-0.39, 0.29) is 0 Å². The third-order valence-corrected chi connectivity index (χ3v) is 4.50. The van der Waals surface area contributed by atoms with Crippen LogP contribution < -0.4 is 5.32 Å². The van der Waals surface area contributed by atoms with Gasteiger partial charge < -0.3 is 10.2 Å². The van der Waals surface area contributed by atoms with Crippen molar-refractivity contribution in [3.63, 3.8) is 0 Å². The molecule has 3 rings (SSSR count). The van der Waals surface area contributed by atoms with Gasteiger partial charge in [0, 0.05) is 35.9 Å². The van der Waals surface area contributed by atoms with Gasteiger partial charge in [0.15, 0.2) is 0 Å². The minimum Gasteiger partial charge on any atom is -0.382 e. The number of aromatic nitrogens is 1. The Morgan fingerprint density at radius 2 is 2.05 bits per heavy atom. The highest BCUT2D eigenvalue weighted by atomic mass is 15.1. The van der Waals surface area contributed by atoms with Crippen LogP contribution in [0.1, 0.15) is 33.1 Å². The molecule has 1 aromatic heterocycles. The summed E-state index contributed by atoms with van der Waals surface area (Å²) in [4.78, 5) is 7.03. The minimum absolute atomic E-state index is 0.569. The van der Waals surface area contributed by atoms with Crippen LogP contribution in [-0.4, -0.2) is 35.1 Å². The van der Waals surface area contributed by atoms with Gasteiger partial charge in [0.25, 0.3) is 0 Å². The number of benzene rings is 1. The summed E-state index contributed by atoms with van der Waals surface area (Å²) in [5.41, 5.74) is 2.29. The van der Waals surface area contributed by atoms with Gasteiger partial charge in [-0.3, -0.25) is 4.98 Å². The quantitative estimate of drug-likeness (QED) is 0.925. The van der Waals surface area contributed by atoms with Gasteiger partial charge in [0.2, 0.25) is 0 Å². The summed E-state index contributed by atoms with van der Waals surface area (Å²) < 4.78 is 0. The zero-order valence-corrected chi connectivity index (χ0v) is 13.0. The third kappa shape index (κ3) is 3.35. The molecule has 3 nitrogen and oxygen atoms in total. The van der Waals surface area contributed by atoms with E-state index >= 15 is 0 Å². The standard InChI is InChI=1S/C18H25N3/c1-14(2)21-12-5-6-15(10-13-21)20-18-9-3-8-17-16(18)7-4-11-19-17/h3-4,7-9,11,14-15,20H,5-6,10,12-13H2,1-2H3. The van der Waals surface area contributed by atoms with Crippen molar-refractivity contribution in [1.29, 1.82) is 0 Å². The Kier molecular flexibility index (Phi) is 4.39. The summed E-state index contributed by atoms with van der Waals surface area (Å²) in [6, 6.07) is 11.7. The van der Waals surface area contributed by atoms with Gasteiger partial charge in [-0.05, 0) is 63.9 Å². The third-order valence-electron chi connectivity index (χ3n) is 4.50. The summed E-state index contributed by atoms with van der Waals surface area (Å²) in [7, 11) is 0. The zero-order valence-electron chi connectivity index (χ0n) is 13.0. The first-order valence-corrected chi connectivity index (χ1v) is 8.08. The maximum atomic E-state index is 4.44. The molecule has 1 aliphatic rings. The van der Waals surface area contributed by atoms with Crippen LogP contribution >= 0.6 is 0 Å². The van der Waals surface area contributed by atoms with Gasteiger partial charge in [-0.15, -0.1) is 0 Å². The molecule has 0 amide bonds. The highest BCUT2D eigenvalue weighted by Crippen LogP contribution is 2.24. The van der Waals surface area contributed by atoms with Crippen molar-refractivity contribution in [3.05, 3.63) is 36.5 Å². The monoisotopic (exact) mass is 283 g/mol. The van der Waals surface area contributed by atoms with Crippen LogP contribution in [0.4, 0.5) is 5.69 Å². The van der Waals surface area contributed by atoms with Crippen molar-refractivity contribution in [2.45, 2.75) is 45.2 Å². The summed E-state index contributed by atoms with van der Waals surface area (Å²) in [6.45, 7) is 7.01. The van der Waals surface area contributed by atoms with Gasteiger partial charge in [-0.1, -0.05) is 6.07 Å². The van der Waals surface area contributed by atoms with Crippen molar-refractivity contribution in [2.75, 3.05) is 18.4 Å². The van der Waals surface area contributed by atoms with Crippen LogP contribution in [0.15, 0.2) is 36.5 Å². The van der Waals surface area contributed by atoms with Crippen molar-refractivity contribution < 1.29 is 0 Å². The number of rotatable bonds is 3. The number of nitrogens with zero attached hydrogens (tertiary/aromatic N) is 2. The molecule has 1 N–H and O–H groups in total. The second kappa shape index (κ2) is 6.44. The number of nitrogens with one attached hydrogen (secondary N) is 1. The molecule has 3 heteroatoms. The van der Waals surface area contributed by atoms with Crippen LogP contribution in [0.2, 0.25) is 0 Å². The molecular formula is C18H25N3. The fourth-order valence-corrected chi connectivity index (χ4v) is 3.23. The summed E-state index contributed by atoms with van der Waals surface area (Å²) in [5, 5.41) is 4.98. The van der Waals surface area contributed by atoms with Gasteiger partial charge >= 0.3 is 0 Å². The highest BCUT2D eigenvalue weighted by Gasteiger charge is 2.18. The van der Waals surface area contributed by atoms with Crippen molar-refractivity contribution in [2.24, 2.45) is 0 Å². The molecule has 21 heavy (non-hydrogen) atoms. The SMILES string of the molecule is CC(C)N1CCCC(Nc2cccc3ncccc23)CC1. The fourth-order valence-electron chi connectivity index (χ4n) is 3.23. The minimum atomic E-state index is 0.569. The van der Waals surface area contributed by atoms with E-state index in [0.717, 1.165) is 5.52 Å². The lowest BCUT2D eigenvalue weighted by atomic mass is 10.1. The molecule has 1 fully saturated rings. The Bertz CT molecular complexity index is 589. The Hall–Kier alpha value is -1.61. The fraction of sp³-hybridized carbons (Fsp3) is 0.500. The first-order chi connectivity index (χ1) is 10.2. The van der Waals surface area contributed by atoms with Gasteiger partial charge in [0.1, 0.15) is 0 Å². The summed E-state index contributed by atoms with van der Waals surface area (Å²) in [5.74, 6) is 0. The number of hydrogen-bond donors (Lipinski definition) is 1. The van der Waals surface area contributed by atoms with E-state index in [1.54, 1.807) is 0 Å². The van der Waals surface area contributed by atoms with Crippen LogP contribution in [0.3, 0.4) is 0 Å². The predicted molar refractivity (Wildman–Crippen MR) is 89.7 cm³/mol. The number of likely N-dealkylation sites (tertiary alicyclic amines) is 1. The average Bonchev–Trinajstić information content (AvgIpc) is 2.73. The molecule has 0 aliphatic carbocycles. The van der Waals surface area contributed by atoms with Crippen LogP contribution in [0.5, 0.6) is 0 Å². The molecule has 0 saturated carbocycles. The first-order valence-electron chi connectivity index (χ1n) is 8.08. The Labute approximate surface area is 127 Å². The Morgan fingerprint density at radius 3 is 2.90 bits per heavy atom. The van der Waals surface area contributed by atoms with Crippen LogP contribution in [0.25, 0.3) is 10.9 Å². The second-order valence-electron chi connectivity index (χ2n) is 6.28. The van der Waals surface area contributed by atoms with Gasteiger partial charge in [-0.2, -0.15) is 0 Å². The van der Waals surface area contributed by atoms with E-state index < -0.39 is 0 Å². The lowest BCUT2D eigenvalue weighted by Crippen LogP contribution is -2.32. The van der Waals surface area contributed by atoms with E-state index in [2.05, 4.69) is 53.3 Å². The van der Waals surface area contributed by atoms with E-state index in [1.807, 2.05) is 12.3 Å². The van der Waals surface area contributed by atoms with Crippen LogP contribution in [-0.2, 0) is 0 Å². The molecule has 0 radical (unpaired) electrons. The molecule has 1 unspecified atom stereocenters. The summed E-state index contributed by atoms with van der Waals surface area (Å²) in [6.07, 6.45) is 5.60. The van der Waals surface area contributed by atoms with Crippen LogP contribution in [0, 0.1) is 0 Å². The lowest BCUT2D eigenvalue weighted by Gasteiger charge is -2.24. The maximum absolute atomic E-state index is 4.44. The average molecular weight is 283 g/mol. The first kappa shape index (κ1) is 14.3.